The SMILES string of the molecule is CCCCNC1CCOC2(CCSC2)C1. The van der Waals surface area contributed by atoms with Gasteiger partial charge in [0.2, 0.25) is 0 Å². The number of hydrogen-bond acceptors (Lipinski definition) is 3. The second-order valence-electron chi connectivity index (χ2n) is 4.83. The summed E-state index contributed by atoms with van der Waals surface area (Å²) >= 11 is 2.06. The molecule has 0 aromatic rings. The van der Waals surface area contributed by atoms with E-state index in [0.29, 0.717) is 6.04 Å². The molecule has 2 atom stereocenters. The average Bonchev–Trinajstić information content (AvgIpc) is 2.67. The van der Waals surface area contributed by atoms with E-state index < -0.39 is 0 Å². The first-order valence-corrected chi connectivity index (χ1v) is 7.45. The number of thioether (sulfide) groups is 1. The number of unbranched alkanes of at least 4 members (excludes halogenated alkanes) is 1. The molecule has 0 aliphatic carbocycles. The molecule has 0 bridgehead atoms. The van der Waals surface area contributed by atoms with Gasteiger partial charge < -0.3 is 10.1 Å². The van der Waals surface area contributed by atoms with Crippen molar-refractivity contribution >= 4 is 11.8 Å². The summed E-state index contributed by atoms with van der Waals surface area (Å²) in [6.45, 7) is 4.40. The van der Waals surface area contributed by atoms with Gasteiger partial charge in [-0.1, -0.05) is 13.3 Å². The largest absolute Gasteiger partial charge is 0.374 e. The van der Waals surface area contributed by atoms with Crippen LogP contribution in [0.3, 0.4) is 0 Å². The van der Waals surface area contributed by atoms with Crippen molar-refractivity contribution < 1.29 is 4.74 Å². The molecule has 15 heavy (non-hydrogen) atoms. The number of ether oxygens (including phenoxy) is 1. The number of hydrogen-bond donors (Lipinski definition) is 1. The first kappa shape index (κ1) is 11.7. The Hall–Kier alpha value is 0.270. The number of rotatable bonds is 4. The fraction of sp³-hybridized carbons (Fsp3) is 1.00. The van der Waals surface area contributed by atoms with Crippen LogP contribution < -0.4 is 5.32 Å². The molecule has 2 nitrogen and oxygen atoms in total. The maximum absolute atomic E-state index is 6.00. The Kier molecular flexibility index (Phi) is 4.35. The molecule has 0 aromatic carbocycles. The minimum atomic E-state index is 0.243. The molecule has 0 saturated carbocycles. The standard InChI is InChI=1S/C12H23NOS/c1-2-3-6-13-11-4-7-14-12(9-11)5-8-15-10-12/h11,13H,2-10H2,1H3. The molecule has 2 aliphatic heterocycles. The van der Waals surface area contributed by atoms with Gasteiger partial charge in [-0.15, -0.1) is 0 Å². The second-order valence-corrected chi connectivity index (χ2v) is 5.94. The molecule has 2 heterocycles. The minimum absolute atomic E-state index is 0.243. The van der Waals surface area contributed by atoms with Crippen molar-refractivity contribution in [1.82, 2.24) is 5.32 Å². The zero-order valence-corrected chi connectivity index (χ0v) is 10.6. The Morgan fingerprint density at radius 3 is 3.20 bits per heavy atom. The summed E-state index contributed by atoms with van der Waals surface area (Å²) in [5.41, 5.74) is 0.243. The maximum Gasteiger partial charge on any atom is 0.0795 e. The fourth-order valence-electron chi connectivity index (χ4n) is 2.55. The summed E-state index contributed by atoms with van der Waals surface area (Å²) < 4.78 is 6.00. The molecular weight excluding hydrogens is 206 g/mol. The molecule has 88 valence electrons. The van der Waals surface area contributed by atoms with Gasteiger partial charge in [0, 0.05) is 18.4 Å². The summed E-state index contributed by atoms with van der Waals surface area (Å²) in [7, 11) is 0. The van der Waals surface area contributed by atoms with E-state index in [1.54, 1.807) is 0 Å². The Bertz CT molecular complexity index is 192. The summed E-state index contributed by atoms with van der Waals surface area (Å²) in [6.07, 6.45) is 6.31. The molecule has 2 saturated heterocycles. The molecule has 2 aliphatic rings. The Morgan fingerprint density at radius 2 is 2.47 bits per heavy atom. The van der Waals surface area contributed by atoms with Gasteiger partial charge in [0.15, 0.2) is 0 Å². The van der Waals surface area contributed by atoms with Gasteiger partial charge >= 0.3 is 0 Å². The van der Waals surface area contributed by atoms with Crippen LogP contribution in [0, 0.1) is 0 Å². The van der Waals surface area contributed by atoms with Crippen LogP contribution in [0.4, 0.5) is 0 Å². The Labute approximate surface area is 97.5 Å². The van der Waals surface area contributed by atoms with Crippen molar-refractivity contribution in [1.29, 1.82) is 0 Å². The summed E-state index contributed by atoms with van der Waals surface area (Å²) in [5.74, 6) is 2.51. The van der Waals surface area contributed by atoms with E-state index in [1.165, 1.54) is 50.2 Å². The molecule has 0 radical (unpaired) electrons. The first-order valence-electron chi connectivity index (χ1n) is 6.30. The van der Waals surface area contributed by atoms with E-state index >= 15 is 0 Å². The van der Waals surface area contributed by atoms with Gasteiger partial charge in [-0.3, -0.25) is 0 Å². The van der Waals surface area contributed by atoms with Crippen molar-refractivity contribution in [2.75, 3.05) is 24.7 Å². The molecule has 2 fully saturated rings. The van der Waals surface area contributed by atoms with E-state index in [2.05, 4.69) is 24.0 Å². The highest BCUT2D eigenvalue weighted by Crippen LogP contribution is 2.38. The predicted molar refractivity (Wildman–Crippen MR) is 66.6 cm³/mol. The van der Waals surface area contributed by atoms with E-state index in [-0.39, 0.29) is 5.60 Å². The average molecular weight is 229 g/mol. The molecule has 0 amide bonds. The van der Waals surface area contributed by atoms with Crippen LogP contribution in [0.1, 0.15) is 39.0 Å². The maximum atomic E-state index is 6.00. The van der Waals surface area contributed by atoms with Crippen LogP contribution in [0.15, 0.2) is 0 Å². The van der Waals surface area contributed by atoms with Crippen LogP contribution in [0.5, 0.6) is 0 Å². The molecule has 1 N–H and O–H groups in total. The quantitative estimate of drug-likeness (QED) is 0.748. The molecule has 2 unspecified atom stereocenters. The minimum Gasteiger partial charge on any atom is -0.374 e. The highest BCUT2D eigenvalue weighted by atomic mass is 32.2. The summed E-state index contributed by atoms with van der Waals surface area (Å²) in [5, 5.41) is 3.68. The fourth-order valence-corrected chi connectivity index (χ4v) is 3.93. The van der Waals surface area contributed by atoms with Gasteiger partial charge in [-0.25, -0.2) is 0 Å². The van der Waals surface area contributed by atoms with Crippen molar-refractivity contribution in [2.24, 2.45) is 0 Å². The van der Waals surface area contributed by atoms with Gasteiger partial charge in [0.1, 0.15) is 0 Å². The van der Waals surface area contributed by atoms with Gasteiger partial charge in [-0.05, 0) is 38.0 Å². The van der Waals surface area contributed by atoms with Crippen LogP contribution >= 0.6 is 11.8 Å². The van der Waals surface area contributed by atoms with Crippen LogP contribution in [-0.2, 0) is 4.74 Å². The highest BCUT2D eigenvalue weighted by Gasteiger charge is 2.40. The normalized spacial score (nSPS) is 36.2. The van der Waals surface area contributed by atoms with Gasteiger partial charge in [-0.2, -0.15) is 11.8 Å². The first-order chi connectivity index (χ1) is 7.35. The van der Waals surface area contributed by atoms with Crippen molar-refractivity contribution in [2.45, 2.75) is 50.7 Å². The molecule has 0 aromatic heterocycles. The topological polar surface area (TPSA) is 21.3 Å². The third-order valence-corrected chi connectivity index (χ3v) is 4.75. The van der Waals surface area contributed by atoms with E-state index in [0.717, 1.165) is 6.61 Å². The lowest BCUT2D eigenvalue weighted by molar-refractivity contribution is -0.0700. The van der Waals surface area contributed by atoms with Crippen molar-refractivity contribution in [3.8, 4) is 0 Å². The van der Waals surface area contributed by atoms with E-state index in [1.807, 2.05) is 0 Å². The van der Waals surface area contributed by atoms with Crippen LogP contribution in [-0.4, -0.2) is 36.3 Å². The second kappa shape index (κ2) is 5.55. The Balaban J connectivity index is 1.76. The smallest absolute Gasteiger partial charge is 0.0795 e. The third-order valence-electron chi connectivity index (χ3n) is 3.52. The van der Waals surface area contributed by atoms with E-state index in [4.69, 9.17) is 4.74 Å². The molecule has 3 heteroatoms. The lowest BCUT2D eigenvalue weighted by Gasteiger charge is -2.38. The van der Waals surface area contributed by atoms with Crippen LogP contribution in [0.2, 0.25) is 0 Å². The zero-order chi connectivity index (χ0) is 10.6. The Morgan fingerprint density at radius 1 is 1.53 bits per heavy atom. The number of nitrogens with one attached hydrogen (secondary N) is 1. The zero-order valence-electron chi connectivity index (χ0n) is 9.76. The third kappa shape index (κ3) is 3.11. The monoisotopic (exact) mass is 229 g/mol. The summed E-state index contributed by atoms with van der Waals surface area (Å²) in [4.78, 5) is 0. The van der Waals surface area contributed by atoms with Gasteiger partial charge in [0.05, 0.1) is 5.60 Å². The summed E-state index contributed by atoms with van der Waals surface area (Å²) in [6, 6.07) is 0.712. The lowest BCUT2D eigenvalue weighted by atomic mass is 9.90. The van der Waals surface area contributed by atoms with Crippen molar-refractivity contribution in [3.63, 3.8) is 0 Å². The highest BCUT2D eigenvalue weighted by molar-refractivity contribution is 7.99. The predicted octanol–water partition coefficient (Wildman–Crippen LogP) is 2.43. The van der Waals surface area contributed by atoms with Crippen molar-refractivity contribution in [3.05, 3.63) is 0 Å². The van der Waals surface area contributed by atoms with Crippen LogP contribution in [0.25, 0.3) is 0 Å². The molecule has 2 rings (SSSR count). The lowest BCUT2D eigenvalue weighted by Crippen LogP contribution is -2.47. The molecule has 1 spiro atoms. The van der Waals surface area contributed by atoms with Gasteiger partial charge in [0.25, 0.3) is 0 Å². The van der Waals surface area contributed by atoms with E-state index in [9.17, 15) is 0 Å². The molecular formula is C12H23NOS.